The Kier molecular flexibility index (Phi) is 3.84. The summed E-state index contributed by atoms with van der Waals surface area (Å²) in [6.45, 7) is 6.00. The summed E-state index contributed by atoms with van der Waals surface area (Å²) in [6.07, 6.45) is 1.64. The Bertz CT molecular complexity index is 321. The highest BCUT2D eigenvalue weighted by molar-refractivity contribution is 7.90. The molecule has 0 aromatic rings. The molecule has 0 aromatic heterocycles. The van der Waals surface area contributed by atoms with Crippen molar-refractivity contribution in [2.45, 2.75) is 31.1 Å². The van der Waals surface area contributed by atoms with Crippen LogP contribution in [0.3, 0.4) is 0 Å². The minimum Gasteiger partial charge on any atom is -0.379 e. The van der Waals surface area contributed by atoms with Crippen molar-refractivity contribution in [1.82, 2.24) is 9.62 Å². The van der Waals surface area contributed by atoms with E-state index in [1.165, 1.54) is 0 Å². The summed E-state index contributed by atoms with van der Waals surface area (Å²) in [5, 5.41) is -0.125. The third kappa shape index (κ3) is 3.41. The Balaban J connectivity index is 1.76. The van der Waals surface area contributed by atoms with Crippen LogP contribution < -0.4 is 4.72 Å². The van der Waals surface area contributed by atoms with Gasteiger partial charge < -0.3 is 4.74 Å². The average Bonchev–Trinajstić information content (AvgIpc) is 3.01. The normalized spacial score (nSPS) is 25.6. The van der Waals surface area contributed by atoms with E-state index in [0.717, 1.165) is 45.7 Å². The number of nitrogens with one attached hydrogen (secondary N) is 1. The Morgan fingerprint density at radius 1 is 1.38 bits per heavy atom. The number of ether oxygens (including phenoxy) is 1. The Hall–Kier alpha value is -0.170. The molecule has 0 radical (unpaired) electrons. The highest BCUT2D eigenvalue weighted by Gasteiger charge is 2.36. The summed E-state index contributed by atoms with van der Waals surface area (Å²) in [4.78, 5) is 2.24. The maximum Gasteiger partial charge on any atom is 0.214 e. The molecule has 2 aliphatic rings. The molecule has 1 saturated carbocycles. The molecule has 2 fully saturated rings. The lowest BCUT2D eigenvalue weighted by atomic mass is 10.3. The number of hydrogen-bond donors (Lipinski definition) is 1. The molecule has 1 aliphatic carbocycles. The molecule has 0 spiro atoms. The molecule has 5 nitrogen and oxygen atoms in total. The maximum absolute atomic E-state index is 11.7. The van der Waals surface area contributed by atoms with Crippen molar-refractivity contribution in [1.29, 1.82) is 0 Å². The van der Waals surface area contributed by atoms with E-state index < -0.39 is 10.0 Å². The van der Waals surface area contributed by atoms with Crippen LogP contribution in [0.15, 0.2) is 0 Å². The molecule has 1 aliphatic heterocycles. The van der Waals surface area contributed by atoms with Crippen molar-refractivity contribution in [3.05, 3.63) is 0 Å². The fraction of sp³-hybridized carbons (Fsp3) is 1.00. The molecule has 1 heterocycles. The highest BCUT2D eigenvalue weighted by Crippen LogP contribution is 2.27. The first-order valence-corrected chi connectivity index (χ1v) is 7.44. The lowest BCUT2D eigenvalue weighted by Crippen LogP contribution is -2.46. The zero-order valence-electron chi connectivity index (χ0n) is 9.68. The number of nitrogens with zero attached hydrogens (tertiary/aromatic N) is 1. The predicted molar refractivity (Wildman–Crippen MR) is 61.8 cm³/mol. The van der Waals surface area contributed by atoms with Gasteiger partial charge >= 0.3 is 0 Å². The first kappa shape index (κ1) is 12.3. The first-order chi connectivity index (χ1) is 7.58. The van der Waals surface area contributed by atoms with Gasteiger partial charge in [-0.2, -0.15) is 0 Å². The zero-order valence-corrected chi connectivity index (χ0v) is 10.5. The van der Waals surface area contributed by atoms with Crippen LogP contribution in [0.2, 0.25) is 0 Å². The predicted octanol–water partition coefficient (Wildman–Crippen LogP) is -0.211. The average molecular weight is 248 g/mol. The lowest BCUT2D eigenvalue weighted by Gasteiger charge is -2.29. The lowest BCUT2D eigenvalue weighted by molar-refractivity contribution is 0.0354. The molecule has 1 atom stereocenters. The molecule has 0 bridgehead atoms. The minimum absolute atomic E-state index is 0.0105. The fourth-order valence-electron chi connectivity index (χ4n) is 1.96. The van der Waals surface area contributed by atoms with Crippen LogP contribution in [-0.2, 0) is 14.8 Å². The highest BCUT2D eigenvalue weighted by atomic mass is 32.2. The van der Waals surface area contributed by atoms with Crippen molar-refractivity contribution in [3.63, 3.8) is 0 Å². The largest absolute Gasteiger partial charge is 0.379 e. The van der Waals surface area contributed by atoms with Gasteiger partial charge in [-0.3, -0.25) is 4.90 Å². The van der Waals surface area contributed by atoms with Gasteiger partial charge in [-0.1, -0.05) is 0 Å². The van der Waals surface area contributed by atoms with Crippen LogP contribution >= 0.6 is 0 Å². The van der Waals surface area contributed by atoms with Crippen LogP contribution in [0.25, 0.3) is 0 Å². The van der Waals surface area contributed by atoms with E-state index in [9.17, 15) is 8.42 Å². The Morgan fingerprint density at radius 2 is 2.00 bits per heavy atom. The monoisotopic (exact) mass is 248 g/mol. The quantitative estimate of drug-likeness (QED) is 0.731. The molecule has 0 amide bonds. The van der Waals surface area contributed by atoms with E-state index in [1.807, 2.05) is 6.92 Å². The Labute approximate surface area is 97.2 Å². The van der Waals surface area contributed by atoms with Crippen molar-refractivity contribution >= 4 is 10.0 Å². The van der Waals surface area contributed by atoms with Gasteiger partial charge in [0, 0.05) is 25.7 Å². The van der Waals surface area contributed by atoms with E-state index in [-0.39, 0.29) is 11.3 Å². The number of rotatable bonds is 5. The summed E-state index contributed by atoms with van der Waals surface area (Å²) >= 11 is 0. The van der Waals surface area contributed by atoms with Gasteiger partial charge in [0.05, 0.1) is 18.5 Å². The first-order valence-electron chi connectivity index (χ1n) is 5.89. The summed E-state index contributed by atoms with van der Waals surface area (Å²) in [6, 6.07) is -0.0105. The second-order valence-corrected chi connectivity index (χ2v) is 6.67. The molecular formula is C10H20N2O3S. The molecule has 0 aromatic carbocycles. The van der Waals surface area contributed by atoms with E-state index >= 15 is 0 Å². The second kappa shape index (κ2) is 5.00. The van der Waals surface area contributed by atoms with Gasteiger partial charge in [0.15, 0.2) is 0 Å². The summed E-state index contributed by atoms with van der Waals surface area (Å²) in [5.74, 6) is 0. The summed E-state index contributed by atoms with van der Waals surface area (Å²) < 4.78 is 31.4. The van der Waals surface area contributed by atoms with Gasteiger partial charge in [-0.15, -0.1) is 0 Å². The van der Waals surface area contributed by atoms with Crippen LogP contribution in [0.1, 0.15) is 19.8 Å². The van der Waals surface area contributed by atoms with Gasteiger partial charge in [0.1, 0.15) is 0 Å². The van der Waals surface area contributed by atoms with E-state index in [2.05, 4.69) is 9.62 Å². The molecule has 1 N–H and O–H groups in total. The SMILES string of the molecule is C[C@@H](CN1CCOCC1)NS(=O)(=O)C1CC1. The topological polar surface area (TPSA) is 58.6 Å². The smallest absolute Gasteiger partial charge is 0.214 e. The van der Waals surface area contributed by atoms with Crippen LogP contribution in [-0.4, -0.2) is 57.5 Å². The molecule has 16 heavy (non-hydrogen) atoms. The number of sulfonamides is 1. The van der Waals surface area contributed by atoms with Gasteiger partial charge in [-0.05, 0) is 19.8 Å². The zero-order chi connectivity index (χ0) is 11.6. The summed E-state index contributed by atoms with van der Waals surface area (Å²) in [5.41, 5.74) is 0. The van der Waals surface area contributed by atoms with E-state index in [0.29, 0.717) is 0 Å². The second-order valence-electron chi connectivity index (χ2n) is 4.68. The standard InChI is InChI=1S/C10H20N2O3S/c1-9(8-12-4-6-15-7-5-12)11-16(13,14)10-2-3-10/h9-11H,2-8H2,1H3/t9-/m0/s1. The third-order valence-electron chi connectivity index (χ3n) is 2.96. The van der Waals surface area contributed by atoms with Gasteiger partial charge in [0.25, 0.3) is 0 Å². The van der Waals surface area contributed by atoms with Crippen molar-refractivity contribution in [2.75, 3.05) is 32.8 Å². The van der Waals surface area contributed by atoms with E-state index in [1.54, 1.807) is 0 Å². The van der Waals surface area contributed by atoms with Gasteiger partial charge in [-0.25, -0.2) is 13.1 Å². The molecule has 0 unspecified atom stereocenters. The van der Waals surface area contributed by atoms with Gasteiger partial charge in [0.2, 0.25) is 10.0 Å². The molecule has 6 heteroatoms. The number of morpholine rings is 1. The number of hydrogen-bond acceptors (Lipinski definition) is 4. The molecular weight excluding hydrogens is 228 g/mol. The molecule has 94 valence electrons. The minimum atomic E-state index is -3.05. The fourth-order valence-corrected chi connectivity index (χ4v) is 3.55. The molecule has 1 saturated heterocycles. The maximum atomic E-state index is 11.7. The van der Waals surface area contributed by atoms with Crippen molar-refractivity contribution in [3.8, 4) is 0 Å². The summed E-state index contributed by atoms with van der Waals surface area (Å²) in [7, 11) is -3.05. The van der Waals surface area contributed by atoms with Crippen LogP contribution in [0.5, 0.6) is 0 Å². The Morgan fingerprint density at radius 3 is 2.56 bits per heavy atom. The van der Waals surface area contributed by atoms with Crippen LogP contribution in [0.4, 0.5) is 0 Å². The van der Waals surface area contributed by atoms with Crippen molar-refractivity contribution < 1.29 is 13.2 Å². The van der Waals surface area contributed by atoms with Crippen molar-refractivity contribution in [2.24, 2.45) is 0 Å². The third-order valence-corrected chi connectivity index (χ3v) is 5.04. The van der Waals surface area contributed by atoms with E-state index in [4.69, 9.17) is 4.74 Å². The van der Waals surface area contributed by atoms with Crippen LogP contribution in [0, 0.1) is 0 Å². The molecule has 2 rings (SSSR count).